The molecule has 6 heteroatoms. The van der Waals surface area contributed by atoms with Crippen LogP contribution in [-0.2, 0) is 20.8 Å². The highest BCUT2D eigenvalue weighted by molar-refractivity contribution is 7.11. The van der Waals surface area contributed by atoms with Gasteiger partial charge in [0, 0.05) is 30.7 Å². The van der Waals surface area contributed by atoms with Crippen molar-refractivity contribution in [3.63, 3.8) is 0 Å². The molecule has 94 valence electrons. The summed E-state index contributed by atoms with van der Waals surface area (Å²) in [6.45, 7) is 5.97. The minimum atomic E-state index is -0.238. The quantitative estimate of drug-likeness (QED) is 0.808. The van der Waals surface area contributed by atoms with Crippen molar-refractivity contribution in [3.05, 3.63) is 16.1 Å². The van der Waals surface area contributed by atoms with Gasteiger partial charge < -0.3 is 14.2 Å². The predicted molar refractivity (Wildman–Crippen MR) is 62.9 cm³/mol. The first kappa shape index (κ1) is 11.6. The summed E-state index contributed by atoms with van der Waals surface area (Å²) in [5, 5.41) is 0.936. The van der Waals surface area contributed by atoms with Gasteiger partial charge in [0.25, 0.3) is 0 Å². The zero-order chi connectivity index (χ0) is 11.5. The molecule has 1 aromatic heterocycles. The number of thiazole rings is 1. The van der Waals surface area contributed by atoms with E-state index in [1.54, 1.807) is 11.3 Å². The molecule has 17 heavy (non-hydrogen) atoms. The van der Waals surface area contributed by atoms with Crippen LogP contribution in [0.15, 0.2) is 6.20 Å². The average Bonchev–Trinajstić information content (AvgIpc) is 3.00. The molecular weight excluding hydrogens is 240 g/mol. The molecule has 0 amide bonds. The number of aromatic nitrogens is 1. The van der Waals surface area contributed by atoms with Crippen LogP contribution >= 0.6 is 11.3 Å². The van der Waals surface area contributed by atoms with Gasteiger partial charge in [-0.1, -0.05) is 0 Å². The standard InChI is InChI=1S/C11H16N2O3S/c1-3-14-4-2-13(1)8-9-7-12-10(17-9)11-15-5-6-16-11/h7,11H,1-6,8H2. The molecule has 0 N–H and O–H groups in total. The van der Waals surface area contributed by atoms with Crippen LogP contribution in [0, 0.1) is 0 Å². The lowest BCUT2D eigenvalue weighted by Gasteiger charge is -2.25. The molecule has 2 fully saturated rings. The Bertz CT molecular complexity index is 359. The Kier molecular flexibility index (Phi) is 3.68. The molecule has 1 aromatic rings. The van der Waals surface area contributed by atoms with Crippen LogP contribution in [0.3, 0.4) is 0 Å². The third-order valence-electron chi connectivity index (χ3n) is 2.88. The lowest BCUT2D eigenvalue weighted by atomic mass is 10.4. The van der Waals surface area contributed by atoms with Crippen LogP contribution in [0.1, 0.15) is 16.2 Å². The highest BCUT2D eigenvalue weighted by Gasteiger charge is 2.22. The SMILES string of the molecule is c1nc(C2OCCO2)sc1CN1CCOCC1. The second-order valence-corrected chi connectivity index (χ2v) is 5.27. The highest BCUT2D eigenvalue weighted by atomic mass is 32.1. The molecule has 0 radical (unpaired) electrons. The van der Waals surface area contributed by atoms with E-state index in [9.17, 15) is 0 Å². The van der Waals surface area contributed by atoms with Crippen molar-refractivity contribution in [2.24, 2.45) is 0 Å². The van der Waals surface area contributed by atoms with E-state index >= 15 is 0 Å². The number of hydrogen-bond donors (Lipinski definition) is 0. The van der Waals surface area contributed by atoms with Crippen LogP contribution in [0.25, 0.3) is 0 Å². The molecule has 0 atom stereocenters. The number of ether oxygens (including phenoxy) is 3. The van der Waals surface area contributed by atoms with E-state index in [4.69, 9.17) is 14.2 Å². The highest BCUT2D eigenvalue weighted by Crippen LogP contribution is 2.27. The number of nitrogens with zero attached hydrogens (tertiary/aromatic N) is 2. The first-order chi connectivity index (χ1) is 8.42. The normalized spacial score (nSPS) is 23.3. The van der Waals surface area contributed by atoms with E-state index in [1.165, 1.54) is 4.88 Å². The summed E-state index contributed by atoms with van der Waals surface area (Å²) in [5.74, 6) is 0. The van der Waals surface area contributed by atoms with E-state index in [-0.39, 0.29) is 6.29 Å². The van der Waals surface area contributed by atoms with Gasteiger partial charge in [-0.05, 0) is 0 Å². The smallest absolute Gasteiger partial charge is 0.211 e. The first-order valence-electron chi connectivity index (χ1n) is 5.90. The van der Waals surface area contributed by atoms with Gasteiger partial charge in [-0.25, -0.2) is 4.98 Å². The van der Waals surface area contributed by atoms with Gasteiger partial charge in [0.15, 0.2) is 0 Å². The molecule has 2 aliphatic heterocycles. The zero-order valence-electron chi connectivity index (χ0n) is 9.63. The zero-order valence-corrected chi connectivity index (χ0v) is 10.4. The fourth-order valence-electron chi connectivity index (χ4n) is 1.99. The summed E-state index contributed by atoms with van der Waals surface area (Å²) >= 11 is 1.68. The van der Waals surface area contributed by atoms with Gasteiger partial charge in [0.2, 0.25) is 6.29 Å². The molecule has 2 saturated heterocycles. The summed E-state index contributed by atoms with van der Waals surface area (Å²) in [6.07, 6.45) is 1.69. The molecule has 0 spiro atoms. The Balaban J connectivity index is 1.59. The second-order valence-electron chi connectivity index (χ2n) is 4.13. The maximum absolute atomic E-state index is 5.43. The second kappa shape index (κ2) is 5.41. The van der Waals surface area contributed by atoms with Gasteiger partial charge in [0.1, 0.15) is 5.01 Å². The third kappa shape index (κ3) is 2.83. The number of rotatable bonds is 3. The third-order valence-corrected chi connectivity index (χ3v) is 3.88. The van der Waals surface area contributed by atoms with Gasteiger partial charge in [-0.3, -0.25) is 4.90 Å². The van der Waals surface area contributed by atoms with Crippen LogP contribution in [0.4, 0.5) is 0 Å². The van der Waals surface area contributed by atoms with Crippen molar-refractivity contribution in [3.8, 4) is 0 Å². The molecule has 3 rings (SSSR count). The first-order valence-corrected chi connectivity index (χ1v) is 6.71. The number of morpholine rings is 1. The molecule has 5 nitrogen and oxygen atoms in total. The summed E-state index contributed by atoms with van der Waals surface area (Å²) in [7, 11) is 0. The minimum absolute atomic E-state index is 0.238. The van der Waals surface area contributed by atoms with Gasteiger partial charge in [-0.15, -0.1) is 11.3 Å². The monoisotopic (exact) mass is 256 g/mol. The van der Waals surface area contributed by atoms with Crippen molar-refractivity contribution in [2.45, 2.75) is 12.8 Å². The average molecular weight is 256 g/mol. The summed E-state index contributed by atoms with van der Waals surface area (Å²) in [6, 6.07) is 0. The topological polar surface area (TPSA) is 43.8 Å². The summed E-state index contributed by atoms with van der Waals surface area (Å²) in [4.78, 5) is 8.03. The molecule has 0 aliphatic carbocycles. The summed E-state index contributed by atoms with van der Waals surface area (Å²) < 4.78 is 16.2. The maximum atomic E-state index is 5.43. The molecule has 0 bridgehead atoms. The Morgan fingerprint density at radius 1 is 1.24 bits per heavy atom. The number of hydrogen-bond acceptors (Lipinski definition) is 6. The van der Waals surface area contributed by atoms with E-state index in [0.717, 1.165) is 37.9 Å². The largest absolute Gasteiger partial charge is 0.379 e. The fraction of sp³-hybridized carbons (Fsp3) is 0.727. The van der Waals surface area contributed by atoms with Crippen LogP contribution in [0.5, 0.6) is 0 Å². The lowest BCUT2D eigenvalue weighted by molar-refractivity contribution is -0.0442. The molecule has 0 unspecified atom stereocenters. The van der Waals surface area contributed by atoms with E-state index in [0.29, 0.717) is 13.2 Å². The van der Waals surface area contributed by atoms with Crippen molar-refractivity contribution in [1.82, 2.24) is 9.88 Å². The van der Waals surface area contributed by atoms with Crippen molar-refractivity contribution in [2.75, 3.05) is 39.5 Å². The molecular formula is C11H16N2O3S. The van der Waals surface area contributed by atoms with E-state index in [1.807, 2.05) is 6.20 Å². The van der Waals surface area contributed by atoms with Crippen LogP contribution in [0.2, 0.25) is 0 Å². The van der Waals surface area contributed by atoms with E-state index < -0.39 is 0 Å². The summed E-state index contributed by atoms with van der Waals surface area (Å²) in [5.41, 5.74) is 0. The lowest BCUT2D eigenvalue weighted by Crippen LogP contribution is -2.35. The fourth-order valence-corrected chi connectivity index (χ4v) is 2.94. The van der Waals surface area contributed by atoms with Gasteiger partial charge in [-0.2, -0.15) is 0 Å². The molecule has 0 aromatic carbocycles. The predicted octanol–water partition coefficient (Wildman–Crippen LogP) is 1.02. The molecule has 0 saturated carbocycles. The van der Waals surface area contributed by atoms with Crippen LogP contribution < -0.4 is 0 Å². The van der Waals surface area contributed by atoms with Crippen molar-refractivity contribution < 1.29 is 14.2 Å². The van der Waals surface area contributed by atoms with E-state index in [2.05, 4.69) is 9.88 Å². The molecule has 2 aliphatic rings. The van der Waals surface area contributed by atoms with Gasteiger partial charge in [0.05, 0.1) is 26.4 Å². The minimum Gasteiger partial charge on any atom is -0.379 e. The maximum Gasteiger partial charge on any atom is 0.211 e. The van der Waals surface area contributed by atoms with Crippen LogP contribution in [-0.4, -0.2) is 49.4 Å². The van der Waals surface area contributed by atoms with Crippen molar-refractivity contribution in [1.29, 1.82) is 0 Å². The van der Waals surface area contributed by atoms with Gasteiger partial charge >= 0.3 is 0 Å². The van der Waals surface area contributed by atoms with Crippen molar-refractivity contribution >= 4 is 11.3 Å². The Hall–Kier alpha value is -0.530. The molecule has 3 heterocycles. The Morgan fingerprint density at radius 3 is 2.76 bits per heavy atom. The Labute approximate surface area is 104 Å². The Morgan fingerprint density at radius 2 is 2.00 bits per heavy atom.